The van der Waals surface area contributed by atoms with Gasteiger partial charge in [-0.2, -0.15) is 5.10 Å². The number of nitrogens with zero attached hydrogens (tertiary/aromatic N) is 9. The van der Waals surface area contributed by atoms with Crippen LogP contribution in [0.3, 0.4) is 0 Å². The Labute approximate surface area is 292 Å². The average Bonchev–Trinajstić information content (AvgIpc) is 3.80. The van der Waals surface area contributed by atoms with E-state index in [1.54, 1.807) is 4.68 Å². The maximum Gasteiger partial charge on any atom is 0.407 e. The lowest BCUT2D eigenvalue weighted by molar-refractivity contribution is -0.0368. The number of hydrogen-bond donors (Lipinski definition) is 1. The van der Waals surface area contributed by atoms with Crippen LogP contribution in [0, 0.1) is 5.41 Å². The predicted octanol–water partition coefficient (Wildman–Crippen LogP) is 5.30. The maximum absolute atomic E-state index is 12.8. The standard InChI is InChI=1S/C36H48N10O4/c1-23-31(40-34(47)50-35(2,3)4)36(22-49-23)14-18-44(19-15-36)28-21-37-30-32(39-28)46(29-10-6-7-20-48-29)42-33(30)45-16-8-9-26-27(45)12-11-24(38-26)25-13-17-43(5)41-25/h11-13,17,21,23,29,31H,6-10,14-16,18-20,22H2,1-5H3,(H,40,47)/t23-,29?,31+/m0/s1. The van der Waals surface area contributed by atoms with Crippen molar-refractivity contribution in [2.24, 2.45) is 12.5 Å². The van der Waals surface area contributed by atoms with Crippen LogP contribution >= 0.6 is 0 Å². The normalized spacial score (nSPS) is 23.7. The Hall–Kier alpha value is -4.30. The van der Waals surface area contributed by atoms with Gasteiger partial charge in [-0.05, 0) is 90.8 Å². The first-order valence-corrected chi connectivity index (χ1v) is 18.1. The molecule has 1 amide bonds. The molecule has 1 spiro atoms. The van der Waals surface area contributed by atoms with Crippen molar-refractivity contribution in [2.75, 3.05) is 42.6 Å². The maximum atomic E-state index is 12.8. The Morgan fingerprint density at radius 3 is 2.60 bits per heavy atom. The molecule has 0 saturated carbocycles. The first kappa shape index (κ1) is 32.9. The zero-order chi connectivity index (χ0) is 34.6. The van der Waals surface area contributed by atoms with Crippen LogP contribution in [0.1, 0.15) is 78.1 Å². The molecule has 266 valence electrons. The summed E-state index contributed by atoms with van der Waals surface area (Å²) in [7, 11) is 1.92. The Morgan fingerprint density at radius 1 is 1.02 bits per heavy atom. The van der Waals surface area contributed by atoms with Gasteiger partial charge in [-0.1, -0.05) is 0 Å². The van der Waals surface area contributed by atoms with Crippen molar-refractivity contribution in [1.82, 2.24) is 39.8 Å². The number of piperidine rings is 1. The Balaban J connectivity index is 1.07. The zero-order valence-corrected chi connectivity index (χ0v) is 29.8. The highest BCUT2D eigenvalue weighted by Crippen LogP contribution is 2.44. The second kappa shape index (κ2) is 12.8. The van der Waals surface area contributed by atoms with E-state index in [9.17, 15) is 4.79 Å². The third-order valence-corrected chi connectivity index (χ3v) is 10.6. The minimum atomic E-state index is -0.562. The Kier molecular flexibility index (Phi) is 8.41. The van der Waals surface area contributed by atoms with E-state index >= 15 is 0 Å². The lowest BCUT2D eigenvalue weighted by Gasteiger charge is -2.42. The summed E-state index contributed by atoms with van der Waals surface area (Å²) in [6, 6.07) is 6.05. The molecule has 8 rings (SSSR count). The number of aryl methyl sites for hydroxylation is 2. The largest absolute Gasteiger partial charge is 0.444 e. The predicted molar refractivity (Wildman–Crippen MR) is 188 cm³/mol. The lowest BCUT2D eigenvalue weighted by atomic mass is 9.73. The number of alkyl carbamates (subject to hydrolysis) is 1. The fraction of sp³-hybridized carbons (Fsp3) is 0.611. The van der Waals surface area contributed by atoms with Crippen LogP contribution in [0.4, 0.5) is 22.1 Å². The van der Waals surface area contributed by atoms with Crippen LogP contribution in [0.15, 0.2) is 30.6 Å². The Morgan fingerprint density at radius 2 is 1.86 bits per heavy atom. The molecule has 3 saturated heterocycles. The molecule has 0 aliphatic carbocycles. The average molecular weight is 685 g/mol. The molecule has 3 atom stereocenters. The first-order chi connectivity index (χ1) is 24.1. The molecule has 0 bridgehead atoms. The van der Waals surface area contributed by atoms with E-state index in [0.29, 0.717) is 13.2 Å². The summed E-state index contributed by atoms with van der Waals surface area (Å²) in [6.45, 7) is 11.3. The third kappa shape index (κ3) is 6.16. The number of anilines is 3. The summed E-state index contributed by atoms with van der Waals surface area (Å²) in [5.41, 5.74) is 4.58. The number of fused-ring (bicyclic) bond motifs is 2. The van der Waals surface area contributed by atoms with Crippen LogP contribution in [0.5, 0.6) is 0 Å². The van der Waals surface area contributed by atoms with Crippen molar-refractivity contribution in [2.45, 2.75) is 96.6 Å². The molecular formula is C36H48N10O4. The number of carbonyl (C=O) groups excluding carboxylic acids is 1. The molecule has 4 aliphatic rings. The molecule has 0 aromatic carbocycles. The first-order valence-electron chi connectivity index (χ1n) is 18.1. The van der Waals surface area contributed by atoms with Crippen molar-refractivity contribution in [3.63, 3.8) is 0 Å². The number of rotatable bonds is 5. The third-order valence-electron chi connectivity index (χ3n) is 10.6. The highest BCUT2D eigenvalue weighted by molar-refractivity contribution is 5.88. The summed E-state index contributed by atoms with van der Waals surface area (Å²) in [5.74, 6) is 1.60. The van der Waals surface area contributed by atoms with E-state index in [0.717, 1.165) is 110 Å². The highest BCUT2D eigenvalue weighted by atomic mass is 16.6. The van der Waals surface area contributed by atoms with Crippen molar-refractivity contribution >= 4 is 34.6 Å². The molecule has 1 unspecified atom stereocenters. The van der Waals surface area contributed by atoms with Crippen molar-refractivity contribution in [3.8, 4) is 11.4 Å². The number of amides is 1. The second-order valence-electron chi connectivity index (χ2n) is 15.3. The van der Waals surface area contributed by atoms with E-state index in [2.05, 4.69) is 26.3 Å². The topological polar surface area (TPSA) is 138 Å². The van der Waals surface area contributed by atoms with Gasteiger partial charge in [0.1, 0.15) is 17.1 Å². The number of nitrogens with one attached hydrogen (secondary N) is 1. The van der Waals surface area contributed by atoms with E-state index in [1.165, 1.54) is 0 Å². The van der Waals surface area contributed by atoms with Gasteiger partial charge in [-0.3, -0.25) is 4.68 Å². The smallest absolute Gasteiger partial charge is 0.407 e. The monoisotopic (exact) mass is 684 g/mol. The lowest BCUT2D eigenvalue weighted by Crippen LogP contribution is -2.55. The van der Waals surface area contributed by atoms with Crippen LogP contribution in [0.25, 0.3) is 22.6 Å². The van der Waals surface area contributed by atoms with E-state index in [1.807, 2.05) is 64.0 Å². The molecule has 1 N–H and O–H groups in total. The zero-order valence-electron chi connectivity index (χ0n) is 29.8. The van der Waals surface area contributed by atoms with Gasteiger partial charge < -0.3 is 29.3 Å². The summed E-state index contributed by atoms with van der Waals surface area (Å²) < 4.78 is 21.8. The number of hydrogen-bond acceptors (Lipinski definition) is 11. The number of pyridine rings is 1. The fourth-order valence-electron chi connectivity index (χ4n) is 8.02. The molecule has 4 aromatic heterocycles. The van der Waals surface area contributed by atoms with E-state index in [-0.39, 0.29) is 23.8 Å². The highest BCUT2D eigenvalue weighted by Gasteiger charge is 2.50. The van der Waals surface area contributed by atoms with E-state index in [4.69, 9.17) is 34.3 Å². The van der Waals surface area contributed by atoms with Crippen molar-refractivity contribution in [1.29, 1.82) is 0 Å². The quantitative estimate of drug-likeness (QED) is 0.293. The fourth-order valence-corrected chi connectivity index (χ4v) is 8.02. The van der Waals surface area contributed by atoms with Gasteiger partial charge in [-0.25, -0.2) is 24.4 Å². The van der Waals surface area contributed by atoms with Gasteiger partial charge in [0.25, 0.3) is 0 Å². The van der Waals surface area contributed by atoms with Crippen LogP contribution in [-0.2, 0) is 27.7 Å². The number of aromatic nitrogens is 7. The van der Waals surface area contributed by atoms with Gasteiger partial charge in [0.15, 0.2) is 23.2 Å². The summed E-state index contributed by atoms with van der Waals surface area (Å²) >= 11 is 0. The summed E-state index contributed by atoms with van der Waals surface area (Å²) in [6.07, 6.45) is 9.69. The van der Waals surface area contributed by atoms with Crippen molar-refractivity contribution in [3.05, 3.63) is 36.3 Å². The van der Waals surface area contributed by atoms with Gasteiger partial charge in [0.2, 0.25) is 0 Å². The molecule has 0 radical (unpaired) electrons. The number of ether oxygens (including phenoxy) is 3. The van der Waals surface area contributed by atoms with Gasteiger partial charge >= 0.3 is 6.09 Å². The molecule has 3 fully saturated rings. The van der Waals surface area contributed by atoms with Gasteiger partial charge in [0.05, 0.1) is 42.0 Å². The summed E-state index contributed by atoms with van der Waals surface area (Å²) in [5, 5.41) is 12.9. The molecule has 50 heavy (non-hydrogen) atoms. The molecule has 14 heteroatoms. The Bertz CT molecular complexity index is 1870. The second-order valence-corrected chi connectivity index (χ2v) is 15.3. The van der Waals surface area contributed by atoms with Crippen LogP contribution in [0.2, 0.25) is 0 Å². The van der Waals surface area contributed by atoms with Gasteiger partial charge in [-0.15, -0.1) is 5.10 Å². The number of carbonyl (C=O) groups is 1. The minimum Gasteiger partial charge on any atom is -0.444 e. The van der Waals surface area contributed by atoms with Crippen molar-refractivity contribution < 1.29 is 19.0 Å². The van der Waals surface area contributed by atoms with E-state index < -0.39 is 11.7 Å². The molecular weight excluding hydrogens is 636 g/mol. The van der Waals surface area contributed by atoms with Crippen LogP contribution in [-0.4, -0.2) is 91.2 Å². The SMILES string of the molecule is C[C@@H]1OCC2(CCN(c3cnc4c(N5CCCc6nc(-c7ccn(C)n7)ccc65)nn(C5CCCCO5)c4n3)CC2)[C@@H]1NC(=O)OC(C)(C)C. The summed E-state index contributed by atoms with van der Waals surface area (Å²) in [4.78, 5) is 32.7. The van der Waals surface area contributed by atoms with Crippen LogP contribution < -0.4 is 15.1 Å². The minimum absolute atomic E-state index is 0.0924. The van der Waals surface area contributed by atoms with Gasteiger partial charge in [0, 0.05) is 44.9 Å². The molecule has 14 nitrogen and oxygen atoms in total. The molecule has 8 heterocycles. The molecule has 4 aromatic rings. The molecule has 4 aliphatic heterocycles.